The van der Waals surface area contributed by atoms with Crippen molar-refractivity contribution in [2.45, 2.75) is 39.2 Å². The van der Waals surface area contributed by atoms with Crippen molar-refractivity contribution in [2.75, 3.05) is 10.2 Å². The van der Waals surface area contributed by atoms with Gasteiger partial charge in [0, 0.05) is 17.7 Å². The molecule has 4 rings (SSSR count). The highest BCUT2D eigenvalue weighted by Gasteiger charge is 2.31. The van der Waals surface area contributed by atoms with Crippen molar-refractivity contribution < 1.29 is 4.79 Å². The number of hydrogen-bond acceptors (Lipinski definition) is 3. The van der Waals surface area contributed by atoms with Gasteiger partial charge in [-0.1, -0.05) is 25.1 Å². The molecule has 1 aliphatic carbocycles. The number of benzene rings is 1. The second-order valence-corrected chi connectivity index (χ2v) is 7.03. The number of aromatic nitrogens is 1. The van der Waals surface area contributed by atoms with Gasteiger partial charge in [-0.25, -0.2) is 4.98 Å². The molecule has 2 aliphatic rings. The Hall–Kier alpha value is -2.36. The maximum Gasteiger partial charge on any atom is 0.230 e. The summed E-state index contributed by atoms with van der Waals surface area (Å²) in [6, 6.07) is 12.0. The Balaban J connectivity index is 1.70. The van der Waals surface area contributed by atoms with Crippen LogP contribution < -0.4 is 10.2 Å². The summed E-state index contributed by atoms with van der Waals surface area (Å²) in [6.45, 7) is 2.87. The van der Waals surface area contributed by atoms with Crippen LogP contribution in [-0.2, 0) is 11.3 Å². The normalized spacial score (nSPS) is 22.8. The van der Waals surface area contributed by atoms with E-state index < -0.39 is 0 Å². The number of fused-ring (bicyclic) bond motifs is 2. The molecule has 4 nitrogen and oxygen atoms in total. The Morgan fingerprint density at radius 3 is 2.75 bits per heavy atom. The minimum Gasteiger partial charge on any atom is -0.338 e. The third kappa shape index (κ3) is 2.77. The molecule has 4 heteroatoms. The third-order valence-corrected chi connectivity index (χ3v) is 5.30. The molecular formula is C20H23N3O. The van der Waals surface area contributed by atoms with Crippen molar-refractivity contribution in [2.24, 2.45) is 11.8 Å². The van der Waals surface area contributed by atoms with E-state index in [2.05, 4.69) is 17.2 Å². The molecule has 0 radical (unpaired) electrons. The van der Waals surface area contributed by atoms with Crippen LogP contribution in [0.3, 0.4) is 0 Å². The van der Waals surface area contributed by atoms with Gasteiger partial charge in [0.05, 0.1) is 17.9 Å². The monoisotopic (exact) mass is 321 g/mol. The number of nitrogens with one attached hydrogen (secondary N) is 1. The number of para-hydroxylation sites is 2. The van der Waals surface area contributed by atoms with Gasteiger partial charge in [-0.15, -0.1) is 0 Å². The van der Waals surface area contributed by atoms with E-state index in [1.54, 1.807) is 6.20 Å². The summed E-state index contributed by atoms with van der Waals surface area (Å²) >= 11 is 0. The van der Waals surface area contributed by atoms with Crippen molar-refractivity contribution in [1.29, 1.82) is 0 Å². The van der Waals surface area contributed by atoms with E-state index in [0.29, 0.717) is 6.54 Å². The predicted octanol–water partition coefficient (Wildman–Crippen LogP) is 4.50. The van der Waals surface area contributed by atoms with E-state index in [1.165, 1.54) is 0 Å². The lowest BCUT2D eigenvalue weighted by atomic mass is 9.82. The average Bonchev–Trinajstić information content (AvgIpc) is 2.78. The topological polar surface area (TPSA) is 45.2 Å². The van der Waals surface area contributed by atoms with Crippen molar-refractivity contribution in [3.8, 4) is 0 Å². The van der Waals surface area contributed by atoms with Crippen LogP contribution in [0.4, 0.5) is 17.2 Å². The number of nitrogens with zero attached hydrogens (tertiary/aromatic N) is 2. The van der Waals surface area contributed by atoms with Crippen LogP contribution in [0.25, 0.3) is 0 Å². The fourth-order valence-corrected chi connectivity index (χ4v) is 3.80. The first-order valence-electron chi connectivity index (χ1n) is 8.83. The minimum absolute atomic E-state index is 0.146. The summed E-state index contributed by atoms with van der Waals surface area (Å²) in [6.07, 6.45) is 6.11. The molecule has 1 amide bonds. The van der Waals surface area contributed by atoms with Gasteiger partial charge in [0.25, 0.3) is 0 Å². The van der Waals surface area contributed by atoms with Crippen LogP contribution in [0.1, 0.15) is 38.2 Å². The average molecular weight is 321 g/mol. The summed E-state index contributed by atoms with van der Waals surface area (Å²) in [5, 5.41) is 3.39. The highest BCUT2D eigenvalue weighted by atomic mass is 16.2. The molecule has 0 bridgehead atoms. The van der Waals surface area contributed by atoms with Crippen LogP contribution in [-0.4, -0.2) is 10.9 Å². The van der Waals surface area contributed by atoms with Crippen LogP contribution >= 0.6 is 0 Å². The molecule has 24 heavy (non-hydrogen) atoms. The number of amides is 1. The van der Waals surface area contributed by atoms with Crippen LogP contribution in [0.15, 0.2) is 42.6 Å². The summed E-state index contributed by atoms with van der Waals surface area (Å²) in [7, 11) is 0. The van der Waals surface area contributed by atoms with Gasteiger partial charge in [0.15, 0.2) is 0 Å². The second-order valence-electron chi connectivity index (χ2n) is 7.03. The molecule has 1 aliphatic heterocycles. The zero-order valence-electron chi connectivity index (χ0n) is 14.0. The molecule has 0 spiro atoms. The molecule has 1 fully saturated rings. The van der Waals surface area contributed by atoms with Gasteiger partial charge in [0.1, 0.15) is 5.82 Å². The highest BCUT2D eigenvalue weighted by Crippen LogP contribution is 2.37. The molecular weight excluding hydrogens is 298 g/mol. The van der Waals surface area contributed by atoms with E-state index in [-0.39, 0.29) is 11.8 Å². The number of rotatable bonds is 1. The molecule has 1 N–H and O–H groups in total. The Morgan fingerprint density at radius 1 is 1.12 bits per heavy atom. The molecule has 2 heterocycles. The maximum absolute atomic E-state index is 13.3. The maximum atomic E-state index is 13.3. The molecule has 0 atom stereocenters. The largest absolute Gasteiger partial charge is 0.338 e. The third-order valence-electron chi connectivity index (χ3n) is 5.30. The number of hydrogen-bond donors (Lipinski definition) is 1. The Morgan fingerprint density at radius 2 is 1.92 bits per heavy atom. The molecule has 0 unspecified atom stereocenters. The summed E-state index contributed by atoms with van der Waals surface area (Å²) in [5.74, 6) is 2.00. The van der Waals surface area contributed by atoms with Crippen molar-refractivity contribution >= 4 is 23.1 Å². The predicted molar refractivity (Wildman–Crippen MR) is 96.3 cm³/mol. The smallest absolute Gasteiger partial charge is 0.230 e. The quantitative estimate of drug-likeness (QED) is 0.841. The summed E-state index contributed by atoms with van der Waals surface area (Å²) in [5.41, 5.74) is 2.97. The molecule has 1 aromatic heterocycles. The molecule has 2 aromatic rings. The minimum atomic E-state index is 0.146. The van der Waals surface area contributed by atoms with E-state index in [0.717, 1.165) is 54.4 Å². The van der Waals surface area contributed by atoms with Gasteiger partial charge >= 0.3 is 0 Å². The van der Waals surface area contributed by atoms with E-state index in [4.69, 9.17) is 0 Å². The van der Waals surface area contributed by atoms with Crippen molar-refractivity contribution in [3.63, 3.8) is 0 Å². The zero-order valence-corrected chi connectivity index (χ0v) is 14.0. The molecule has 0 saturated heterocycles. The summed E-state index contributed by atoms with van der Waals surface area (Å²) in [4.78, 5) is 19.7. The first kappa shape index (κ1) is 15.2. The number of anilines is 3. The van der Waals surface area contributed by atoms with Gasteiger partial charge in [-0.2, -0.15) is 0 Å². The van der Waals surface area contributed by atoms with Crippen molar-refractivity contribution in [1.82, 2.24) is 4.98 Å². The number of carbonyl (C=O) groups excluding carboxylic acids is 1. The van der Waals surface area contributed by atoms with Gasteiger partial charge < -0.3 is 10.2 Å². The zero-order chi connectivity index (χ0) is 16.5. The van der Waals surface area contributed by atoms with E-state index in [9.17, 15) is 4.79 Å². The van der Waals surface area contributed by atoms with Gasteiger partial charge in [0.2, 0.25) is 5.91 Å². The van der Waals surface area contributed by atoms with Crippen molar-refractivity contribution in [3.05, 3.63) is 48.2 Å². The first-order chi connectivity index (χ1) is 11.7. The summed E-state index contributed by atoms with van der Waals surface area (Å²) < 4.78 is 0. The Labute approximate surface area is 142 Å². The van der Waals surface area contributed by atoms with Crippen LogP contribution in [0, 0.1) is 11.8 Å². The van der Waals surface area contributed by atoms with E-state index >= 15 is 0 Å². The lowest BCUT2D eigenvalue weighted by Crippen LogP contribution is -2.37. The van der Waals surface area contributed by atoms with Gasteiger partial charge in [-0.3, -0.25) is 4.79 Å². The van der Waals surface area contributed by atoms with Crippen LogP contribution in [0.2, 0.25) is 0 Å². The Kier molecular flexibility index (Phi) is 3.97. The molecule has 1 aromatic carbocycles. The first-order valence-corrected chi connectivity index (χ1v) is 8.83. The molecule has 1 saturated carbocycles. The lowest BCUT2D eigenvalue weighted by Gasteiger charge is -2.31. The fourth-order valence-electron chi connectivity index (χ4n) is 3.80. The highest BCUT2D eigenvalue weighted by molar-refractivity contribution is 5.99. The van der Waals surface area contributed by atoms with E-state index in [1.807, 2.05) is 41.3 Å². The standard InChI is InChI=1S/C20H23N3O/c1-14-8-10-15(11-9-14)20(24)23-13-16-5-4-12-21-19(16)22-17-6-2-3-7-18(17)23/h2-7,12,14-15H,8-11,13H2,1H3,(H,21,22)/t14-,15+. The lowest BCUT2D eigenvalue weighted by molar-refractivity contribution is -0.123. The second kappa shape index (κ2) is 6.27. The molecule has 124 valence electrons. The number of carbonyl (C=O) groups is 1. The Bertz CT molecular complexity index is 750. The SMILES string of the molecule is C[C@H]1CC[C@@H](C(=O)N2Cc3cccnc3Nc3ccccc32)CC1. The van der Waals surface area contributed by atoms with Crippen LogP contribution in [0.5, 0.6) is 0 Å². The number of pyridine rings is 1. The van der Waals surface area contributed by atoms with Gasteiger partial charge in [-0.05, 0) is 49.8 Å². The fraction of sp³-hybridized carbons (Fsp3) is 0.400.